The van der Waals surface area contributed by atoms with Crippen LogP contribution in [0.2, 0.25) is 0 Å². The van der Waals surface area contributed by atoms with Crippen LogP contribution in [0.4, 0.5) is 10.2 Å². The first-order chi connectivity index (χ1) is 13.3. The maximum absolute atomic E-state index is 13.5. The van der Waals surface area contributed by atoms with Crippen LogP contribution in [0.15, 0.2) is 42.5 Å². The molecule has 3 N–H and O–H groups in total. The van der Waals surface area contributed by atoms with Crippen LogP contribution in [0, 0.1) is 5.82 Å². The van der Waals surface area contributed by atoms with Gasteiger partial charge in [-0.2, -0.15) is 0 Å². The number of phenols is 1. The third-order valence-electron chi connectivity index (χ3n) is 4.58. The number of aliphatic carboxylic acids is 1. The molecule has 2 aromatic carbocycles. The number of benzene rings is 2. The Kier molecular flexibility index (Phi) is 5.49. The number of phenolic OH excluding ortho intramolecular Hbond substituents is 1. The third-order valence-corrected chi connectivity index (χ3v) is 4.58. The molecule has 0 aliphatic rings. The van der Waals surface area contributed by atoms with Gasteiger partial charge in [0, 0.05) is 23.1 Å². The SMILES string of the molecule is CC(C)c1c(N[C@@H](C)CC(=O)O)nc2cc(O)ccc2c1-c1ccc(F)cc1. The van der Waals surface area contributed by atoms with E-state index in [9.17, 15) is 14.3 Å². The smallest absolute Gasteiger partial charge is 0.305 e. The Balaban J connectivity index is 2.29. The van der Waals surface area contributed by atoms with Crippen LogP contribution in [0.5, 0.6) is 5.75 Å². The number of halogens is 1. The summed E-state index contributed by atoms with van der Waals surface area (Å²) in [4.78, 5) is 15.7. The van der Waals surface area contributed by atoms with Crippen molar-refractivity contribution in [2.24, 2.45) is 0 Å². The van der Waals surface area contributed by atoms with E-state index in [-0.39, 0.29) is 29.9 Å². The first-order valence-electron chi connectivity index (χ1n) is 9.17. The van der Waals surface area contributed by atoms with Gasteiger partial charge < -0.3 is 15.5 Å². The van der Waals surface area contributed by atoms with Crippen LogP contribution in [-0.4, -0.2) is 27.2 Å². The number of hydrogen-bond acceptors (Lipinski definition) is 4. The number of aromatic hydroxyl groups is 1. The molecule has 0 saturated carbocycles. The molecule has 0 aliphatic carbocycles. The molecule has 1 aromatic heterocycles. The van der Waals surface area contributed by atoms with Gasteiger partial charge in [0.2, 0.25) is 0 Å². The number of carboxylic acids is 1. The third kappa shape index (κ3) is 4.06. The predicted octanol–water partition coefficient (Wildman–Crippen LogP) is 5.15. The van der Waals surface area contributed by atoms with Gasteiger partial charge in [0.25, 0.3) is 0 Å². The Hall–Kier alpha value is -3.15. The van der Waals surface area contributed by atoms with Crippen LogP contribution >= 0.6 is 0 Å². The van der Waals surface area contributed by atoms with Crippen molar-refractivity contribution in [3.8, 4) is 16.9 Å². The second kappa shape index (κ2) is 7.84. The maximum atomic E-state index is 13.5. The number of aromatic nitrogens is 1. The molecule has 1 atom stereocenters. The highest BCUT2D eigenvalue weighted by Gasteiger charge is 2.21. The van der Waals surface area contributed by atoms with E-state index in [1.165, 1.54) is 12.1 Å². The van der Waals surface area contributed by atoms with Crippen molar-refractivity contribution < 1.29 is 19.4 Å². The van der Waals surface area contributed by atoms with Gasteiger partial charge in [-0.15, -0.1) is 0 Å². The maximum Gasteiger partial charge on any atom is 0.305 e. The van der Waals surface area contributed by atoms with E-state index >= 15 is 0 Å². The van der Waals surface area contributed by atoms with Crippen LogP contribution in [0.25, 0.3) is 22.0 Å². The van der Waals surface area contributed by atoms with Crippen LogP contribution in [0.3, 0.4) is 0 Å². The number of rotatable bonds is 6. The molecule has 146 valence electrons. The van der Waals surface area contributed by atoms with Gasteiger partial charge >= 0.3 is 5.97 Å². The number of carbonyl (C=O) groups is 1. The summed E-state index contributed by atoms with van der Waals surface area (Å²) in [7, 11) is 0. The Morgan fingerprint density at radius 2 is 1.82 bits per heavy atom. The van der Waals surface area contributed by atoms with E-state index in [0.717, 1.165) is 22.1 Å². The van der Waals surface area contributed by atoms with E-state index in [4.69, 9.17) is 5.11 Å². The van der Waals surface area contributed by atoms with Crippen LogP contribution in [0.1, 0.15) is 38.7 Å². The molecule has 0 spiro atoms. The number of hydrogen-bond donors (Lipinski definition) is 3. The minimum absolute atomic E-state index is 0.0524. The number of carboxylic acid groups (broad SMARTS) is 1. The summed E-state index contributed by atoms with van der Waals surface area (Å²) in [5, 5.41) is 23.0. The van der Waals surface area contributed by atoms with Gasteiger partial charge in [0.15, 0.2) is 0 Å². The molecule has 6 heteroatoms. The van der Waals surface area contributed by atoms with E-state index in [1.807, 2.05) is 13.8 Å². The number of nitrogens with zero attached hydrogens (tertiary/aromatic N) is 1. The summed E-state index contributed by atoms with van der Waals surface area (Å²) in [6, 6.07) is 10.9. The van der Waals surface area contributed by atoms with Crippen molar-refractivity contribution in [2.75, 3.05) is 5.32 Å². The Bertz CT molecular complexity index is 1020. The van der Waals surface area contributed by atoms with Crippen molar-refractivity contribution in [1.82, 2.24) is 4.98 Å². The van der Waals surface area contributed by atoms with Gasteiger partial charge in [0.05, 0.1) is 11.9 Å². The molecule has 3 rings (SSSR count). The Labute approximate surface area is 162 Å². The van der Waals surface area contributed by atoms with E-state index < -0.39 is 5.97 Å². The topological polar surface area (TPSA) is 82.5 Å². The number of pyridine rings is 1. The number of nitrogens with one attached hydrogen (secondary N) is 1. The zero-order chi connectivity index (χ0) is 20.4. The van der Waals surface area contributed by atoms with Gasteiger partial charge in [-0.05, 0) is 48.2 Å². The second-order valence-corrected chi connectivity index (χ2v) is 7.26. The molecule has 3 aromatic rings. The molecule has 5 nitrogen and oxygen atoms in total. The fourth-order valence-corrected chi connectivity index (χ4v) is 3.41. The van der Waals surface area contributed by atoms with Gasteiger partial charge in [-0.3, -0.25) is 4.79 Å². The second-order valence-electron chi connectivity index (χ2n) is 7.26. The highest BCUT2D eigenvalue weighted by atomic mass is 19.1. The highest BCUT2D eigenvalue weighted by Crippen LogP contribution is 2.40. The molecule has 1 heterocycles. The molecule has 28 heavy (non-hydrogen) atoms. The lowest BCUT2D eigenvalue weighted by molar-refractivity contribution is -0.137. The first kappa shape index (κ1) is 19.6. The first-order valence-corrected chi connectivity index (χ1v) is 9.17. The minimum atomic E-state index is -0.900. The lowest BCUT2D eigenvalue weighted by atomic mass is 9.89. The van der Waals surface area contributed by atoms with Crippen LogP contribution < -0.4 is 5.32 Å². The molecule has 0 bridgehead atoms. The van der Waals surface area contributed by atoms with Crippen LogP contribution in [-0.2, 0) is 4.79 Å². The molecule has 0 fully saturated rings. The molecule has 0 unspecified atom stereocenters. The monoisotopic (exact) mass is 382 g/mol. The lowest BCUT2D eigenvalue weighted by Crippen LogP contribution is -2.21. The number of anilines is 1. The quantitative estimate of drug-likeness (QED) is 0.549. The average molecular weight is 382 g/mol. The minimum Gasteiger partial charge on any atom is -0.508 e. The summed E-state index contributed by atoms with van der Waals surface area (Å²) in [6.45, 7) is 5.84. The van der Waals surface area contributed by atoms with Gasteiger partial charge in [-0.25, -0.2) is 9.37 Å². The standard InChI is InChI=1S/C22H23FN2O3/c1-12(2)20-21(14-4-6-15(23)7-5-14)17-9-8-16(26)11-18(17)25-22(20)24-13(3)10-19(27)28/h4-9,11-13,26H,10H2,1-3H3,(H,24,25)(H,27,28)/t13-/m0/s1. The van der Waals surface area contributed by atoms with E-state index in [2.05, 4.69) is 10.3 Å². The molecule has 0 aliphatic heterocycles. The van der Waals surface area contributed by atoms with Crippen molar-refractivity contribution in [3.05, 3.63) is 53.8 Å². The van der Waals surface area contributed by atoms with E-state index in [1.54, 1.807) is 37.3 Å². The zero-order valence-electron chi connectivity index (χ0n) is 16.0. The van der Waals surface area contributed by atoms with Gasteiger partial charge in [-0.1, -0.05) is 26.0 Å². The average Bonchev–Trinajstić information content (AvgIpc) is 2.60. The summed E-state index contributed by atoms with van der Waals surface area (Å²) < 4.78 is 13.5. The fraction of sp³-hybridized carbons (Fsp3) is 0.273. The Morgan fingerprint density at radius 3 is 2.43 bits per heavy atom. The molecule has 0 radical (unpaired) electrons. The normalized spacial score (nSPS) is 12.3. The molecular formula is C22H23FN2O3. The summed E-state index contributed by atoms with van der Waals surface area (Å²) >= 11 is 0. The molecule has 0 saturated heterocycles. The summed E-state index contributed by atoms with van der Waals surface area (Å²) in [6.07, 6.45) is -0.0524. The van der Waals surface area contributed by atoms with Gasteiger partial charge in [0.1, 0.15) is 17.4 Å². The Morgan fingerprint density at radius 1 is 1.14 bits per heavy atom. The van der Waals surface area contributed by atoms with Crippen molar-refractivity contribution in [3.63, 3.8) is 0 Å². The zero-order valence-corrected chi connectivity index (χ0v) is 16.0. The highest BCUT2D eigenvalue weighted by molar-refractivity contribution is 5.99. The van der Waals surface area contributed by atoms with E-state index in [0.29, 0.717) is 11.3 Å². The lowest BCUT2D eigenvalue weighted by Gasteiger charge is -2.23. The van der Waals surface area contributed by atoms with Crippen molar-refractivity contribution in [2.45, 2.75) is 39.2 Å². The summed E-state index contributed by atoms with van der Waals surface area (Å²) in [5.41, 5.74) is 3.22. The number of fused-ring (bicyclic) bond motifs is 1. The fourth-order valence-electron chi connectivity index (χ4n) is 3.41. The summed E-state index contributed by atoms with van der Waals surface area (Å²) in [5.74, 6) is -0.485. The predicted molar refractivity (Wildman–Crippen MR) is 108 cm³/mol. The largest absolute Gasteiger partial charge is 0.508 e. The molecule has 0 amide bonds. The van der Waals surface area contributed by atoms with Crippen molar-refractivity contribution in [1.29, 1.82) is 0 Å². The van der Waals surface area contributed by atoms with Crippen molar-refractivity contribution >= 4 is 22.7 Å². The molecular weight excluding hydrogens is 359 g/mol.